The lowest BCUT2D eigenvalue weighted by atomic mass is 10.00. The summed E-state index contributed by atoms with van der Waals surface area (Å²) in [6.07, 6.45) is 0.250. The van der Waals surface area contributed by atoms with Crippen LogP contribution in [0, 0.1) is 19.7 Å². The van der Waals surface area contributed by atoms with Crippen molar-refractivity contribution in [3.05, 3.63) is 102 Å². The Morgan fingerprint density at radius 1 is 0.794 bits per heavy atom. The van der Waals surface area contributed by atoms with Crippen molar-refractivity contribution in [2.45, 2.75) is 13.8 Å². The highest BCUT2D eigenvalue weighted by Gasteiger charge is 2.12. The zero-order chi connectivity index (χ0) is 24.1. The van der Waals surface area contributed by atoms with Crippen molar-refractivity contribution in [3.8, 4) is 34.0 Å². The van der Waals surface area contributed by atoms with Crippen molar-refractivity contribution in [1.82, 2.24) is 9.97 Å². The molecule has 1 heterocycles. The Kier molecular flexibility index (Phi) is 6.62. The molecular weight excluding hydrogens is 431 g/mol. The van der Waals surface area contributed by atoms with Crippen LogP contribution in [0.15, 0.2) is 84.9 Å². The number of aromatic nitrogens is 2. The lowest BCUT2D eigenvalue weighted by Crippen LogP contribution is -1.88. The van der Waals surface area contributed by atoms with Gasteiger partial charge in [0, 0.05) is 11.6 Å². The van der Waals surface area contributed by atoms with Crippen LogP contribution in [0.3, 0.4) is 0 Å². The van der Waals surface area contributed by atoms with Crippen molar-refractivity contribution in [1.29, 1.82) is 0 Å². The molecule has 0 radical (unpaired) electrons. The third kappa shape index (κ3) is 4.93. The molecule has 0 spiro atoms. The fourth-order valence-electron chi connectivity index (χ4n) is 3.64. The molecule has 0 unspecified atom stereocenters. The molecule has 0 aliphatic carbocycles. The minimum atomic E-state index is -0.304. The van der Waals surface area contributed by atoms with Crippen LogP contribution in [0.1, 0.15) is 11.1 Å². The summed E-state index contributed by atoms with van der Waals surface area (Å²) in [6.45, 7) is 4.09. The summed E-state index contributed by atoms with van der Waals surface area (Å²) in [4.78, 5) is 23.8. The fourth-order valence-corrected chi connectivity index (χ4v) is 3.64. The van der Waals surface area contributed by atoms with E-state index in [1.54, 1.807) is 6.07 Å². The zero-order valence-electron chi connectivity index (χ0n) is 18.6. The van der Waals surface area contributed by atoms with Gasteiger partial charge >= 0.3 is 6.15 Å². The number of imidazole rings is 1. The van der Waals surface area contributed by atoms with Gasteiger partial charge in [-0.2, -0.15) is 14.6 Å². The summed E-state index contributed by atoms with van der Waals surface area (Å²) in [5.74, 6) is 0.390. The van der Waals surface area contributed by atoms with E-state index in [0.717, 1.165) is 22.3 Å². The number of hydrogen-bond donors (Lipinski definition) is 1. The molecule has 0 atom stereocenters. The van der Waals surface area contributed by atoms with E-state index >= 15 is 0 Å². The number of carbonyl (C=O) groups excluding carboxylic acids is 2. The number of hydrogen-bond acceptors (Lipinski definition) is 4. The first-order valence-corrected chi connectivity index (χ1v) is 10.6. The van der Waals surface area contributed by atoms with Crippen molar-refractivity contribution in [2.75, 3.05) is 0 Å². The summed E-state index contributed by atoms with van der Waals surface area (Å²) in [7, 11) is 0. The first kappa shape index (κ1) is 22.6. The number of nitrogens with one attached hydrogen (secondary N) is 1. The van der Waals surface area contributed by atoms with E-state index in [1.807, 2.05) is 67.6 Å². The summed E-state index contributed by atoms with van der Waals surface area (Å²) in [6, 6.07) is 27.4. The van der Waals surface area contributed by atoms with Gasteiger partial charge in [0.05, 0.1) is 11.0 Å². The zero-order valence-corrected chi connectivity index (χ0v) is 18.6. The average Bonchev–Trinajstić information content (AvgIpc) is 3.23. The van der Waals surface area contributed by atoms with Crippen molar-refractivity contribution >= 4 is 17.2 Å². The molecule has 1 aromatic heterocycles. The highest BCUT2D eigenvalue weighted by atomic mass is 19.1. The maximum Gasteiger partial charge on any atom is 0.373 e. The highest BCUT2D eigenvalue weighted by Crippen LogP contribution is 2.31. The van der Waals surface area contributed by atoms with Gasteiger partial charge in [-0.3, -0.25) is 0 Å². The Hall–Kier alpha value is -4.54. The summed E-state index contributed by atoms with van der Waals surface area (Å²) in [5, 5.41) is 0. The molecule has 5 rings (SSSR count). The molecule has 0 aliphatic heterocycles. The molecule has 4 aromatic carbocycles. The number of H-pyrrole nitrogens is 1. The van der Waals surface area contributed by atoms with Gasteiger partial charge < -0.3 is 9.72 Å². The van der Waals surface area contributed by atoms with Crippen LogP contribution in [0.25, 0.3) is 33.3 Å². The van der Waals surface area contributed by atoms with Crippen molar-refractivity contribution in [2.24, 2.45) is 0 Å². The molecule has 34 heavy (non-hydrogen) atoms. The van der Waals surface area contributed by atoms with E-state index in [-0.39, 0.29) is 12.0 Å². The van der Waals surface area contributed by atoms with Crippen LogP contribution in [0.2, 0.25) is 0 Å². The lowest BCUT2D eigenvalue weighted by molar-refractivity contribution is -0.191. The van der Waals surface area contributed by atoms with Gasteiger partial charge in [-0.25, -0.2) is 4.39 Å². The number of aryl methyl sites for hydroxylation is 2. The van der Waals surface area contributed by atoms with Gasteiger partial charge in [0.15, 0.2) is 0 Å². The number of benzene rings is 4. The monoisotopic (exact) mass is 452 g/mol. The second kappa shape index (κ2) is 9.94. The van der Waals surface area contributed by atoms with Gasteiger partial charge in [0.1, 0.15) is 11.6 Å². The minimum Gasteiger partial charge on any atom is -0.426 e. The topological polar surface area (TPSA) is 72.0 Å². The molecule has 1 N–H and O–H groups in total. The molecular formula is C28H21FN2O3. The minimum absolute atomic E-state index is 0.250. The number of halogens is 1. The number of aromatic amines is 1. The molecule has 5 nitrogen and oxygen atoms in total. The molecule has 5 aromatic rings. The highest BCUT2D eigenvalue weighted by molar-refractivity contribution is 5.83. The molecule has 6 heteroatoms. The van der Waals surface area contributed by atoms with Crippen LogP contribution in [0.5, 0.6) is 11.8 Å². The predicted octanol–water partition coefficient (Wildman–Crippen LogP) is 6.86. The summed E-state index contributed by atoms with van der Waals surface area (Å²) < 4.78 is 20.7. The van der Waals surface area contributed by atoms with Crippen LogP contribution in [-0.4, -0.2) is 16.1 Å². The number of ether oxygens (including phenoxy) is 1. The number of rotatable bonds is 4. The second-order valence-corrected chi connectivity index (χ2v) is 7.77. The van der Waals surface area contributed by atoms with E-state index in [4.69, 9.17) is 14.3 Å². The number of nitrogens with zero attached hydrogens (tertiary/aromatic N) is 1. The van der Waals surface area contributed by atoms with Gasteiger partial charge in [-0.05, 0) is 59.9 Å². The molecule has 168 valence electrons. The van der Waals surface area contributed by atoms with E-state index < -0.39 is 0 Å². The molecule has 0 aliphatic rings. The largest absolute Gasteiger partial charge is 0.426 e. The summed E-state index contributed by atoms with van der Waals surface area (Å²) >= 11 is 0. The lowest BCUT2D eigenvalue weighted by Gasteiger charge is -2.06. The van der Waals surface area contributed by atoms with Gasteiger partial charge in [0.2, 0.25) is 0 Å². The second-order valence-electron chi connectivity index (χ2n) is 7.77. The van der Waals surface area contributed by atoms with Gasteiger partial charge in [-0.1, -0.05) is 60.7 Å². The molecule has 0 fully saturated rings. The van der Waals surface area contributed by atoms with Crippen LogP contribution in [-0.2, 0) is 9.59 Å². The Labute approximate surface area is 195 Å². The molecule has 0 saturated carbocycles. The van der Waals surface area contributed by atoms with Crippen LogP contribution >= 0.6 is 0 Å². The number of fused-ring (bicyclic) bond motifs is 1. The Bertz CT molecular complexity index is 1470. The Morgan fingerprint density at radius 3 is 2.12 bits per heavy atom. The standard InChI is InChI=1S/C27H21FN2O.CO2/c1-17-8-13-22(14-18(17)2)31-27-29-25-15-23(24(28)16-26(25)30-27)21-11-9-20(10-12-21)19-6-4-3-5-7-19;2-1-3/h3-16H,1-2H3,(H,29,30);. The van der Waals surface area contributed by atoms with E-state index in [2.05, 4.69) is 29.0 Å². The Morgan fingerprint density at radius 2 is 1.44 bits per heavy atom. The quantitative estimate of drug-likeness (QED) is 0.323. The van der Waals surface area contributed by atoms with E-state index in [0.29, 0.717) is 28.4 Å². The van der Waals surface area contributed by atoms with Crippen LogP contribution < -0.4 is 4.74 Å². The molecule has 0 amide bonds. The Balaban J connectivity index is 0.000000868. The third-order valence-corrected chi connectivity index (χ3v) is 5.54. The molecule has 0 bridgehead atoms. The first-order chi connectivity index (χ1) is 16.5. The van der Waals surface area contributed by atoms with E-state index in [1.165, 1.54) is 11.6 Å². The summed E-state index contributed by atoms with van der Waals surface area (Å²) in [5.41, 5.74) is 7.13. The van der Waals surface area contributed by atoms with Crippen molar-refractivity contribution in [3.63, 3.8) is 0 Å². The van der Waals surface area contributed by atoms with E-state index in [9.17, 15) is 4.39 Å². The first-order valence-electron chi connectivity index (χ1n) is 10.6. The maximum absolute atomic E-state index is 14.9. The smallest absolute Gasteiger partial charge is 0.373 e. The predicted molar refractivity (Wildman–Crippen MR) is 128 cm³/mol. The third-order valence-electron chi connectivity index (χ3n) is 5.54. The molecule has 0 saturated heterocycles. The average molecular weight is 452 g/mol. The van der Waals surface area contributed by atoms with Crippen LogP contribution in [0.4, 0.5) is 4.39 Å². The normalized spacial score (nSPS) is 10.3. The maximum atomic E-state index is 14.9. The van der Waals surface area contributed by atoms with Gasteiger partial charge in [0.25, 0.3) is 6.01 Å². The fraction of sp³-hybridized carbons (Fsp3) is 0.0714. The van der Waals surface area contributed by atoms with Gasteiger partial charge in [-0.15, -0.1) is 0 Å². The SMILES string of the molecule is Cc1ccc(Oc2nc3cc(-c4ccc(-c5ccccc5)cc4)c(F)cc3[nH]2)cc1C.O=C=O. The van der Waals surface area contributed by atoms with Crippen molar-refractivity contribution < 1.29 is 18.7 Å².